The first-order valence-corrected chi connectivity index (χ1v) is 16.2. The lowest BCUT2D eigenvalue weighted by atomic mass is 9.93. The molecule has 0 atom stereocenters. The number of benzene rings is 2. The number of thiophene rings is 1. The van der Waals surface area contributed by atoms with Crippen molar-refractivity contribution >= 4 is 85.2 Å². The minimum absolute atomic E-state index is 0.0610. The monoisotopic (exact) mass is 758 g/mol. The van der Waals surface area contributed by atoms with E-state index >= 15 is 0 Å². The second-order valence-electron chi connectivity index (χ2n) is 9.65. The summed E-state index contributed by atoms with van der Waals surface area (Å²) in [6.07, 6.45) is 12.1. The van der Waals surface area contributed by atoms with Gasteiger partial charge < -0.3 is 10.1 Å². The number of carbonyl (C=O) groups is 1. The van der Waals surface area contributed by atoms with Crippen LogP contribution in [-0.2, 0) is 19.4 Å². The van der Waals surface area contributed by atoms with Crippen molar-refractivity contribution in [2.45, 2.75) is 70.4 Å². The number of fused-ring (bicyclic) bond motifs is 1. The third-order valence-corrected chi connectivity index (χ3v) is 10.2. The number of amides is 1. The van der Waals surface area contributed by atoms with Gasteiger partial charge in [-0.1, -0.05) is 49.1 Å². The van der Waals surface area contributed by atoms with Crippen LogP contribution in [0.2, 0.25) is 5.02 Å². The molecule has 2 aliphatic rings. The number of carbonyl (C=O) groups excluding carboxylic acids is 1. The first-order chi connectivity index (χ1) is 18.0. The Bertz CT molecular complexity index is 1290. The van der Waals surface area contributed by atoms with Gasteiger partial charge in [-0.2, -0.15) is 0 Å². The second kappa shape index (κ2) is 12.8. The molecule has 1 heterocycles. The summed E-state index contributed by atoms with van der Waals surface area (Å²) in [5.41, 5.74) is 3.99. The zero-order chi connectivity index (χ0) is 25.8. The number of rotatable bonds is 7. The normalized spacial score (nSPS) is 16.1. The minimum Gasteiger partial charge on any atom is -0.487 e. The van der Waals surface area contributed by atoms with Gasteiger partial charge in [0.25, 0.3) is 5.91 Å². The molecule has 0 radical (unpaired) electrons. The Hall–Kier alpha value is -1.17. The van der Waals surface area contributed by atoms with Crippen molar-refractivity contribution in [3.63, 3.8) is 0 Å². The van der Waals surface area contributed by atoms with E-state index in [0.717, 1.165) is 66.7 Å². The van der Waals surface area contributed by atoms with E-state index in [4.69, 9.17) is 21.3 Å². The molecule has 0 bridgehead atoms. The van der Waals surface area contributed by atoms with Gasteiger partial charge in [0.1, 0.15) is 17.4 Å². The Morgan fingerprint density at radius 1 is 1.08 bits per heavy atom. The number of nitrogens with zero attached hydrogens (tertiary/aromatic N) is 1. The molecule has 0 unspecified atom stereocenters. The molecule has 0 saturated heterocycles. The Kier molecular flexibility index (Phi) is 9.47. The van der Waals surface area contributed by atoms with Crippen molar-refractivity contribution in [3.05, 3.63) is 75.7 Å². The highest BCUT2D eigenvalue weighted by Crippen LogP contribution is 2.40. The van der Waals surface area contributed by atoms with Crippen LogP contribution < -0.4 is 10.1 Å². The SMILES string of the molecule is O=C(NC1CCCCC1)c1c(N=Cc2cc(I)c(OCc3ccccc3Cl)c(I)c2)sc2c1CCCC2. The average Bonchev–Trinajstić information content (AvgIpc) is 3.27. The molecule has 1 N–H and O–H groups in total. The van der Waals surface area contributed by atoms with E-state index in [9.17, 15) is 4.79 Å². The van der Waals surface area contributed by atoms with Crippen LogP contribution in [0.1, 0.15) is 76.9 Å². The average molecular weight is 759 g/mol. The highest BCUT2D eigenvalue weighted by molar-refractivity contribution is 14.1. The molecular formula is C29H29ClI2N2O2S. The maximum absolute atomic E-state index is 13.4. The van der Waals surface area contributed by atoms with Crippen LogP contribution in [-0.4, -0.2) is 18.2 Å². The zero-order valence-corrected chi connectivity index (χ0v) is 26.4. The van der Waals surface area contributed by atoms with Crippen molar-refractivity contribution in [2.75, 3.05) is 0 Å². The van der Waals surface area contributed by atoms with Crippen LogP contribution in [0.15, 0.2) is 41.4 Å². The van der Waals surface area contributed by atoms with Crippen LogP contribution in [0.5, 0.6) is 5.75 Å². The number of aliphatic imine (C=N–C) groups is 1. The molecule has 4 nitrogen and oxygen atoms in total. The Morgan fingerprint density at radius 3 is 2.57 bits per heavy atom. The summed E-state index contributed by atoms with van der Waals surface area (Å²) in [5, 5.41) is 4.88. The van der Waals surface area contributed by atoms with Crippen LogP contribution in [0.3, 0.4) is 0 Å². The summed E-state index contributed by atoms with van der Waals surface area (Å²) in [6.45, 7) is 0.416. The molecule has 37 heavy (non-hydrogen) atoms. The standard InChI is InChI=1S/C29H29ClI2N2O2S/c30-22-12-6-4-8-19(22)17-36-27-23(31)14-18(15-24(27)32)16-33-29-26(21-11-5-7-13-25(21)37-29)28(35)34-20-9-2-1-3-10-20/h4,6,8,12,14-16,20H,1-3,5,7,9-11,13,17H2,(H,34,35). The van der Waals surface area contributed by atoms with Crippen LogP contribution >= 0.6 is 68.1 Å². The predicted octanol–water partition coefficient (Wildman–Crippen LogP) is 8.88. The van der Waals surface area contributed by atoms with E-state index in [1.165, 1.54) is 36.1 Å². The van der Waals surface area contributed by atoms with E-state index < -0.39 is 0 Å². The quantitative estimate of drug-likeness (QED) is 0.194. The van der Waals surface area contributed by atoms with Gasteiger partial charge in [-0.15, -0.1) is 11.3 Å². The van der Waals surface area contributed by atoms with Crippen molar-refractivity contribution in [2.24, 2.45) is 4.99 Å². The van der Waals surface area contributed by atoms with Crippen LogP contribution in [0.4, 0.5) is 5.00 Å². The minimum atomic E-state index is 0.0610. The summed E-state index contributed by atoms with van der Waals surface area (Å²) < 4.78 is 8.16. The van der Waals surface area contributed by atoms with E-state index in [0.29, 0.717) is 17.7 Å². The zero-order valence-electron chi connectivity index (χ0n) is 20.5. The molecule has 0 aliphatic heterocycles. The summed E-state index contributed by atoms with van der Waals surface area (Å²) in [7, 11) is 0. The lowest BCUT2D eigenvalue weighted by molar-refractivity contribution is 0.0927. The van der Waals surface area contributed by atoms with Gasteiger partial charge >= 0.3 is 0 Å². The first kappa shape index (κ1) is 27.4. The molecule has 5 rings (SSSR count). The number of aryl methyl sites for hydroxylation is 1. The van der Waals surface area contributed by atoms with Crippen molar-refractivity contribution in [1.82, 2.24) is 5.32 Å². The van der Waals surface area contributed by atoms with Gasteiger partial charge in [0.05, 0.1) is 12.7 Å². The van der Waals surface area contributed by atoms with Crippen LogP contribution in [0, 0.1) is 7.14 Å². The molecule has 1 fully saturated rings. The molecule has 1 aromatic heterocycles. The van der Waals surface area contributed by atoms with E-state index in [-0.39, 0.29) is 5.91 Å². The van der Waals surface area contributed by atoms with Crippen LogP contribution in [0.25, 0.3) is 0 Å². The molecule has 3 aromatic rings. The number of ether oxygens (including phenoxy) is 1. The maximum Gasteiger partial charge on any atom is 0.254 e. The van der Waals surface area contributed by atoms with Crippen molar-refractivity contribution in [1.29, 1.82) is 0 Å². The number of hydrogen-bond donors (Lipinski definition) is 1. The molecule has 2 aliphatic carbocycles. The highest BCUT2D eigenvalue weighted by Gasteiger charge is 2.27. The maximum atomic E-state index is 13.4. The molecule has 194 valence electrons. The van der Waals surface area contributed by atoms with E-state index in [2.05, 4.69) is 62.6 Å². The Balaban J connectivity index is 1.36. The highest BCUT2D eigenvalue weighted by atomic mass is 127. The third-order valence-electron chi connectivity index (χ3n) is 7.00. The predicted molar refractivity (Wildman–Crippen MR) is 170 cm³/mol. The van der Waals surface area contributed by atoms with Gasteiger partial charge in [0.15, 0.2) is 0 Å². The Morgan fingerprint density at radius 2 is 1.81 bits per heavy atom. The number of hydrogen-bond acceptors (Lipinski definition) is 4. The van der Waals surface area contributed by atoms with E-state index in [1.54, 1.807) is 11.3 Å². The van der Waals surface area contributed by atoms with Gasteiger partial charge in [-0.25, -0.2) is 4.99 Å². The van der Waals surface area contributed by atoms with E-state index in [1.807, 2.05) is 30.5 Å². The van der Waals surface area contributed by atoms with Gasteiger partial charge in [0.2, 0.25) is 0 Å². The second-order valence-corrected chi connectivity index (χ2v) is 13.5. The molecular weight excluding hydrogens is 730 g/mol. The van der Waals surface area contributed by atoms with Gasteiger partial charge in [-0.3, -0.25) is 4.79 Å². The van der Waals surface area contributed by atoms with Gasteiger partial charge in [0, 0.05) is 27.7 Å². The lowest BCUT2D eigenvalue weighted by Crippen LogP contribution is -2.36. The molecule has 8 heteroatoms. The Labute approximate surface area is 254 Å². The molecule has 2 aromatic carbocycles. The molecule has 0 spiro atoms. The fourth-order valence-corrected chi connectivity index (χ4v) is 8.62. The summed E-state index contributed by atoms with van der Waals surface area (Å²) in [6, 6.07) is 12.2. The fraction of sp³-hybridized carbons (Fsp3) is 0.379. The third kappa shape index (κ3) is 6.70. The molecule has 1 saturated carbocycles. The number of halogens is 3. The van der Waals surface area contributed by atoms with Crippen molar-refractivity contribution in [3.8, 4) is 5.75 Å². The van der Waals surface area contributed by atoms with Crippen molar-refractivity contribution < 1.29 is 9.53 Å². The lowest BCUT2D eigenvalue weighted by Gasteiger charge is -2.23. The summed E-state index contributed by atoms with van der Waals surface area (Å²) in [4.78, 5) is 19.7. The number of nitrogens with one attached hydrogen (secondary N) is 1. The largest absolute Gasteiger partial charge is 0.487 e. The topological polar surface area (TPSA) is 50.7 Å². The smallest absolute Gasteiger partial charge is 0.254 e. The first-order valence-electron chi connectivity index (χ1n) is 12.8. The fourth-order valence-electron chi connectivity index (χ4n) is 5.07. The molecule has 1 amide bonds. The summed E-state index contributed by atoms with van der Waals surface area (Å²) in [5.74, 6) is 0.906. The van der Waals surface area contributed by atoms with Gasteiger partial charge in [-0.05, 0) is 113 Å². The summed E-state index contributed by atoms with van der Waals surface area (Å²) >= 11 is 12.6.